The highest BCUT2D eigenvalue weighted by Crippen LogP contribution is 2.24. The van der Waals surface area contributed by atoms with Gasteiger partial charge in [0.15, 0.2) is 0 Å². The molecule has 0 spiro atoms. The Kier molecular flexibility index (Phi) is 5.97. The number of hydrogen-bond acceptors (Lipinski definition) is 5. The zero-order chi connectivity index (χ0) is 21.3. The summed E-state index contributed by atoms with van der Waals surface area (Å²) < 4.78 is 18.7. The minimum absolute atomic E-state index is 0.0229. The SMILES string of the molecule is C[C@@H]1CN(C(=O)C=Cc2cc(Br)c3nonc3c2)[C@@H](C)CN1Cc1ccc(F)cc1. The van der Waals surface area contributed by atoms with Crippen molar-refractivity contribution in [3.05, 3.63) is 63.9 Å². The summed E-state index contributed by atoms with van der Waals surface area (Å²) in [5.41, 5.74) is 3.19. The number of halogens is 2. The van der Waals surface area contributed by atoms with E-state index in [0.717, 1.165) is 28.7 Å². The number of piperazine rings is 1. The van der Waals surface area contributed by atoms with Crippen molar-refractivity contribution in [3.63, 3.8) is 0 Å². The van der Waals surface area contributed by atoms with Crippen molar-refractivity contribution < 1.29 is 13.8 Å². The molecule has 1 aliphatic heterocycles. The molecule has 1 aromatic heterocycles. The molecule has 2 aromatic carbocycles. The first-order valence-corrected chi connectivity index (χ1v) is 10.6. The second-order valence-electron chi connectivity index (χ2n) is 7.71. The van der Waals surface area contributed by atoms with E-state index in [1.807, 2.05) is 29.2 Å². The average molecular weight is 473 g/mol. The summed E-state index contributed by atoms with van der Waals surface area (Å²) in [6.07, 6.45) is 3.38. The van der Waals surface area contributed by atoms with E-state index in [1.54, 1.807) is 12.2 Å². The standard InChI is InChI=1S/C22H22BrFN4O2/c1-14-12-28(15(2)11-27(14)13-16-3-6-18(24)7-4-16)21(29)8-5-17-9-19(23)22-20(10-17)25-30-26-22/h3-10,14-15H,11-13H2,1-2H3/t14-,15+/m1/s1. The lowest BCUT2D eigenvalue weighted by atomic mass is 10.1. The lowest BCUT2D eigenvalue weighted by Gasteiger charge is -2.44. The number of rotatable bonds is 4. The molecule has 0 saturated carbocycles. The largest absolute Gasteiger partial charge is 0.334 e. The highest BCUT2D eigenvalue weighted by atomic mass is 79.9. The van der Waals surface area contributed by atoms with E-state index < -0.39 is 0 Å². The number of aromatic nitrogens is 2. The van der Waals surface area contributed by atoms with E-state index >= 15 is 0 Å². The second-order valence-corrected chi connectivity index (χ2v) is 8.57. The Morgan fingerprint density at radius 1 is 1.20 bits per heavy atom. The van der Waals surface area contributed by atoms with E-state index in [0.29, 0.717) is 17.6 Å². The summed E-state index contributed by atoms with van der Waals surface area (Å²) in [4.78, 5) is 17.1. The fourth-order valence-electron chi connectivity index (χ4n) is 3.78. The fraction of sp³-hybridized carbons (Fsp3) is 0.318. The highest BCUT2D eigenvalue weighted by Gasteiger charge is 2.31. The number of carbonyl (C=O) groups is 1. The van der Waals surface area contributed by atoms with Crippen molar-refractivity contribution in [1.29, 1.82) is 0 Å². The molecule has 3 aromatic rings. The van der Waals surface area contributed by atoms with Gasteiger partial charge in [-0.3, -0.25) is 9.69 Å². The molecule has 156 valence electrons. The van der Waals surface area contributed by atoms with Crippen LogP contribution in [-0.2, 0) is 11.3 Å². The molecule has 0 bridgehead atoms. The molecule has 0 radical (unpaired) electrons. The van der Waals surface area contributed by atoms with Crippen LogP contribution in [0.2, 0.25) is 0 Å². The molecule has 2 atom stereocenters. The molecule has 1 aliphatic rings. The van der Waals surface area contributed by atoms with Crippen LogP contribution in [0.5, 0.6) is 0 Å². The van der Waals surface area contributed by atoms with Gasteiger partial charge in [0.2, 0.25) is 5.91 Å². The third kappa shape index (κ3) is 4.44. The van der Waals surface area contributed by atoms with E-state index in [4.69, 9.17) is 4.63 Å². The first kappa shape index (κ1) is 20.7. The lowest BCUT2D eigenvalue weighted by Crippen LogP contribution is -2.57. The Hall–Kier alpha value is -2.58. The Morgan fingerprint density at radius 2 is 1.97 bits per heavy atom. The summed E-state index contributed by atoms with van der Waals surface area (Å²) in [5, 5.41) is 7.69. The molecule has 1 saturated heterocycles. The average Bonchev–Trinajstić information content (AvgIpc) is 3.19. The molecule has 0 N–H and O–H groups in total. The maximum Gasteiger partial charge on any atom is 0.246 e. The minimum Gasteiger partial charge on any atom is -0.334 e. The smallest absolute Gasteiger partial charge is 0.246 e. The molecule has 0 aliphatic carbocycles. The summed E-state index contributed by atoms with van der Waals surface area (Å²) in [7, 11) is 0. The Labute approximate surface area is 182 Å². The molecule has 30 heavy (non-hydrogen) atoms. The zero-order valence-electron chi connectivity index (χ0n) is 16.8. The summed E-state index contributed by atoms with van der Waals surface area (Å²) in [6.45, 7) is 6.31. The minimum atomic E-state index is -0.228. The first-order chi connectivity index (χ1) is 14.4. The Bertz CT molecular complexity index is 1080. The summed E-state index contributed by atoms with van der Waals surface area (Å²) >= 11 is 3.45. The molecular formula is C22H22BrFN4O2. The van der Waals surface area contributed by atoms with Crippen LogP contribution in [0.4, 0.5) is 4.39 Å². The number of fused-ring (bicyclic) bond motifs is 1. The monoisotopic (exact) mass is 472 g/mol. The van der Waals surface area contributed by atoms with Crippen molar-refractivity contribution in [2.45, 2.75) is 32.5 Å². The zero-order valence-corrected chi connectivity index (χ0v) is 18.3. The normalized spacial score (nSPS) is 20.3. The van der Waals surface area contributed by atoms with Gasteiger partial charge in [0.05, 0.1) is 0 Å². The van der Waals surface area contributed by atoms with Crippen molar-refractivity contribution in [2.24, 2.45) is 0 Å². The van der Waals surface area contributed by atoms with Crippen LogP contribution in [0.25, 0.3) is 17.1 Å². The van der Waals surface area contributed by atoms with Crippen molar-refractivity contribution in [2.75, 3.05) is 13.1 Å². The van der Waals surface area contributed by atoms with Gasteiger partial charge >= 0.3 is 0 Å². The Morgan fingerprint density at radius 3 is 2.73 bits per heavy atom. The van der Waals surface area contributed by atoms with Gasteiger partial charge in [0.25, 0.3) is 0 Å². The van der Waals surface area contributed by atoms with E-state index in [-0.39, 0.29) is 23.8 Å². The third-order valence-electron chi connectivity index (χ3n) is 5.45. The predicted octanol–water partition coefficient (Wildman–Crippen LogP) is 4.26. The van der Waals surface area contributed by atoms with Crippen LogP contribution in [0, 0.1) is 5.82 Å². The molecule has 6 nitrogen and oxygen atoms in total. The number of amides is 1. The molecular weight excluding hydrogens is 451 g/mol. The number of hydrogen-bond donors (Lipinski definition) is 0. The number of carbonyl (C=O) groups excluding carboxylic acids is 1. The van der Waals surface area contributed by atoms with Gasteiger partial charge in [-0.15, -0.1) is 0 Å². The van der Waals surface area contributed by atoms with E-state index in [9.17, 15) is 9.18 Å². The van der Waals surface area contributed by atoms with Gasteiger partial charge in [-0.05, 0) is 81.6 Å². The van der Waals surface area contributed by atoms with Crippen molar-refractivity contribution in [1.82, 2.24) is 20.1 Å². The van der Waals surface area contributed by atoms with Crippen LogP contribution >= 0.6 is 15.9 Å². The lowest BCUT2D eigenvalue weighted by molar-refractivity contribution is -0.131. The maximum absolute atomic E-state index is 13.1. The van der Waals surface area contributed by atoms with E-state index in [1.165, 1.54) is 12.1 Å². The second kappa shape index (κ2) is 8.65. The Balaban J connectivity index is 1.42. The van der Waals surface area contributed by atoms with Gasteiger partial charge < -0.3 is 4.90 Å². The summed E-state index contributed by atoms with van der Waals surface area (Å²) in [5.74, 6) is -0.251. The van der Waals surface area contributed by atoms with Crippen LogP contribution in [0.15, 0.2) is 51.6 Å². The molecule has 0 unspecified atom stereocenters. The van der Waals surface area contributed by atoms with Crippen LogP contribution in [-0.4, -0.2) is 51.2 Å². The van der Waals surface area contributed by atoms with Gasteiger partial charge in [0.1, 0.15) is 16.9 Å². The van der Waals surface area contributed by atoms with Crippen molar-refractivity contribution in [3.8, 4) is 0 Å². The number of benzene rings is 2. The quantitative estimate of drug-likeness (QED) is 0.530. The maximum atomic E-state index is 13.1. The summed E-state index contributed by atoms with van der Waals surface area (Å²) in [6, 6.07) is 10.6. The first-order valence-electron chi connectivity index (χ1n) is 9.79. The topological polar surface area (TPSA) is 62.5 Å². The van der Waals surface area contributed by atoms with Crippen LogP contribution < -0.4 is 0 Å². The van der Waals surface area contributed by atoms with Crippen LogP contribution in [0.1, 0.15) is 25.0 Å². The highest BCUT2D eigenvalue weighted by molar-refractivity contribution is 9.10. The number of nitrogens with zero attached hydrogens (tertiary/aromatic N) is 4. The fourth-order valence-corrected chi connectivity index (χ4v) is 4.32. The molecule has 1 amide bonds. The van der Waals surface area contributed by atoms with Gasteiger partial charge in [-0.25, -0.2) is 9.02 Å². The molecule has 8 heteroatoms. The predicted molar refractivity (Wildman–Crippen MR) is 116 cm³/mol. The van der Waals surface area contributed by atoms with Gasteiger partial charge in [0, 0.05) is 42.3 Å². The van der Waals surface area contributed by atoms with E-state index in [2.05, 4.69) is 45.0 Å². The van der Waals surface area contributed by atoms with Gasteiger partial charge in [-0.2, -0.15) is 0 Å². The molecule has 1 fully saturated rings. The molecule has 4 rings (SSSR count). The van der Waals surface area contributed by atoms with Gasteiger partial charge in [-0.1, -0.05) is 12.1 Å². The van der Waals surface area contributed by atoms with Crippen molar-refractivity contribution >= 4 is 38.9 Å². The third-order valence-corrected chi connectivity index (χ3v) is 6.06. The van der Waals surface area contributed by atoms with Crippen LogP contribution in [0.3, 0.4) is 0 Å². The molecule has 2 heterocycles.